The van der Waals surface area contributed by atoms with Crippen LogP contribution in [-0.2, 0) is 32.3 Å². The van der Waals surface area contributed by atoms with Crippen molar-refractivity contribution < 1.29 is 65.8 Å². The van der Waals surface area contributed by atoms with Crippen LogP contribution in [-0.4, -0.2) is 39.2 Å². The van der Waals surface area contributed by atoms with Crippen molar-refractivity contribution in [3.8, 4) is 0 Å². The van der Waals surface area contributed by atoms with Crippen LogP contribution in [0.5, 0.6) is 0 Å². The van der Waals surface area contributed by atoms with Crippen LogP contribution < -0.4 is 29.6 Å². The van der Waals surface area contributed by atoms with Crippen molar-refractivity contribution in [3.05, 3.63) is 0 Å². The zero-order valence-electron chi connectivity index (χ0n) is 9.35. The van der Waals surface area contributed by atoms with Crippen molar-refractivity contribution >= 4 is 35.3 Å². The molecule has 3 N–H and O–H groups in total. The van der Waals surface area contributed by atoms with Gasteiger partial charge in [-0.2, -0.15) is 4.21 Å². The van der Waals surface area contributed by atoms with Crippen molar-refractivity contribution in [2.45, 2.75) is 19.8 Å². The molecule has 0 bridgehead atoms. The van der Waals surface area contributed by atoms with Crippen LogP contribution in [0.25, 0.3) is 0 Å². The quantitative estimate of drug-likeness (QED) is 0.279. The van der Waals surface area contributed by atoms with E-state index in [0.717, 1.165) is 12.6 Å². The number of hydrogen-bond donors (Lipinski definition) is 3. The van der Waals surface area contributed by atoms with E-state index in [4.69, 9.17) is 26.6 Å². The Labute approximate surface area is 126 Å². The van der Waals surface area contributed by atoms with Crippen molar-refractivity contribution in [2.24, 2.45) is 5.92 Å². The molecule has 0 heterocycles. The fourth-order valence-corrected chi connectivity index (χ4v) is 0.425. The number of carbonyl (C=O) groups is 2. The van der Waals surface area contributed by atoms with Crippen molar-refractivity contribution in [1.82, 2.24) is 0 Å². The van der Waals surface area contributed by atoms with E-state index in [1.807, 2.05) is 6.92 Å². The minimum atomic E-state index is -2.86. The van der Waals surface area contributed by atoms with Crippen LogP contribution in [0, 0.1) is 5.92 Å². The molecule has 0 fully saturated rings. The van der Waals surface area contributed by atoms with Crippen LogP contribution in [0.15, 0.2) is 0 Å². The molecule has 0 radical (unpaired) electrons. The summed E-state index contributed by atoms with van der Waals surface area (Å²) in [5.74, 6) is 0.227. The molecule has 8 nitrogen and oxygen atoms in total. The Morgan fingerprint density at radius 2 is 1.29 bits per heavy atom. The molecule has 0 aliphatic rings. The van der Waals surface area contributed by atoms with E-state index in [-0.39, 0.29) is 35.5 Å². The fraction of sp³-hybridized carbons (Fsp3) is 0.667. The first-order chi connectivity index (χ1) is 7.27. The predicted octanol–water partition coefficient (Wildman–Crippen LogP) is -3.18. The number of hydrogen-bond acceptors (Lipinski definition) is 5. The van der Waals surface area contributed by atoms with Gasteiger partial charge >= 0.3 is 29.6 Å². The number of carbonyl (C=O) groups excluding carboxylic acids is 2. The summed E-state index contributed by atoms with van der Waals surface area (Å²) in [6.45, 7) is 1.88. The standard InChI is InChI=1S/C6H10O2.Na.2H2O3S/c1-6(2-4-7)3-5-8;;2*1-4(2)3/h4-6H,2-3H2,1H3;;2*(H2,1,2,3)/q;+1;;/p-1. The Hall–Kier alpha value is 0.480. The number of rotatable bonds is 4. The molecule has 0 amide bonds. The van der Waals surface area contributed by atoms with Gasteiger partial charge in [0, 0.05) is 12.8 Å². The predicted molar refractivity (Wildman–Crippen MR) is 55.5 cm³/mol. The van der Waals surface area contributed by atoms with Crippen molar-refractivity contribution in [1.29, 1.82) is 0 Å². The summed E-state index contributed by atoms with van der Waals surface area (Å²) in [5.41, 5.74) is 0. The summed E-state index contributed by atoms with van der Waals surface area (Å²) in [5, 5.41) is 0. The summed E-state index contributed by atoms with van der Waals surface area (Å²) in [7, 11) is 0. The maximum absolute atomic E-state index is 9.77. The monoisotopic (exact) mass is 300 g/mol. The SMILES string of the molecule is CC(CC=O)CC=O.O=S(O)O.O=S([O-])O.[Na+]. The molecule has 0 spiro atoms. The Kier molecular flexibility index (Phi) is 33.4. The molecule has 0 rings (SSSR count). The van der Waals surface area contributed by atoms with Crippen LogP contribution in [0.3, 0.4) is 0 Å². The van der Waals surface area contributed by atoms with Gasteiger partial charge in [0.15, 0.2) is 0 Å². The van der Waals surface area contributed by atoms with E-state index in [9.17, 15) is 9.59 Å². The minimum Gasteiger partial charge on any atom is -0.750 e. The zero-order chi connectivity index (χ0) is 13.6. The van der Waals surface area contributed by atoms with Gasteiger partial charge in [0.1, 0.15) is 12.6 Å². The van der Waals surface area contributed by atoms with Gasteiger partial charge in [-0.3, -0.25) is 9.11 Å². The molecule has 1 atom stereocenters. The molecule has 0 aliphatic heterocycles. The molecule has 0 aliphatic carbocycles. The average molecular weight is 300 g/mol. The second kappa shape index (κ2) is 21.7. The molecule has 0 aromatic rings. The number of aldehydes is 2. The average Bonchev–Trinajstić information content (AvgIpc) is 2.02. The summed E-state index contributed by atoms with van der Waals surface area (Å²) in [6.07, 6.45) is 2.68. The second-order valence-corrected chi connectivity index (χ2v) is 3.25. The van der Waals surface area contributed by atoms with Gasteiger partial charge in [-0.25, -0.2) is 4.21 Å². The van der Waals surface area contributed by atoms with Crippen molar-refractivity contribution in [3.63, 3.8) is 0 Å². The van der Waals surface area contributed by atoms with E-state index >= 15 is 0 Å². The third kappa shape index (κ3) is 82.3. The van der Waals surface area contributed by atoms with Gasteiger partial charge in [0.05, 0.1) is 11.4 Å². The van der Waals surface area contributed by atoms with Crippen LogP contribution >= 0.6 is 0 Å². The van der Waals surface area contributed by atoms with E-state index in [0.29, 0.717) is 12.8 Å². The van der Waals surface area contributed by atoms with Crippen LogP contribution in [0.1, 0.15) is 19.8 Å². The first-order valence-electron chi connectivity index (χ1n) is 3.73. The van der Waals surface area contributed by atoms with Gasteiger partial charge in [-0.05, 0) is 5.92 Å². The molecule has 0 aromatic carbocycles. The molecule has 0 saturated heterocycles. The first-order valence-corrected chi connectivity index (χ1v) is 5.82. The molecule has 0 aromatic heterocycles. The van der Waals surface area contributed by atoms with Gasteiger partial charge in [-0.1, -0.05) is 6.92 Å². The smallest absolute Gasteiger partial charge is 0.750 e. The Morgan fingerprint density at radius 3 is 1.41 bits per heavy atom. The Balaban J connectivity index is -0.0000000806. The van der Waals surface area contributed by atoms with E-state index in [1.165, 1.54) is 0 Å². The summed E-state index contributed by atoms with van der Waals surface area (Å²) in [6, 6.07) is 0. The van der Waals surface area contributed by atoms with Gasteiger partial charge in [-0.15, -0.1) is 0 Å². The summed E-state index contributed by atoms with van der Waals surface area (Å²) >= 11 is -5.47. The fourth-order valence-electron chi connectivity index (χ4n) is 0.425. The molecule has 0 saturated carbocycles. The zero-order valence-corrected chi connectivity index (χ0v) is 13.0. The van der Waals surface area contributed by atoms with Gasteiger partial charge in [0.25, 0.3) is 11.4 Å². The van der Waals surface area contributed by atoms with E-state index < -0.39 is 22.7 Å². The Morgan fingerprint density at radius 1 is 1.12 bits per heavy atom. The van der Waals surface area contributed by atoms with Crippen LogP contribution in [0.4, 0.5) is 0 Å². The molecular formula is C6H13NaO8S2. The third-order valence-electron chi connectivity index (χ3n) is 0.997. The normalized spacial score (nSPS) is 10.1. The van der Waals surface area contributed by atoms with Crippen molar-refractivity contribution in [2.75, 3.05) is 0 Å². The first kappa shape index (κ1) is 26.1. The molecule has 98 valence electrons. The maximum atomic E-state index is 9.77. The topological polar surface area (TPSA) is 152 Å². The molecule has 11 heteroatoms. The minimum absolute atomic E-state index is 0. The van der Waals surface area contributed by atoms with Gasteiger partial charge < -0.3 is 18.7 Å². The van der Waals surface area contributed by atoms with E-state index in [1.54, 1.807) is 0 Å². The molecule has 1 unspecified atom stereocenters. The molecule has 17 heavy (non-hydrogen) atoms. The summed E-state index contributed by atoms with van der Waals surface area (Å²) < 4.78 is 46.9. The Bertz CT molecular complexity index is 194. The third-order valence-corrected chi connectivity index (χ3v) is 0.997. The largest absolute Gasteiger partial charge is 1.00 e. The van der Waals surface area contributed by atoms with E-state index in [2.05, 4.69) is 0 Å². The maximum Gasteiger partial charge on any atom is 1.00 e. The summed E-state index contributed by atoms with van der Waals surface area (Å²) in [4.78, 5) is 19.5. The molecular weight excluding hydrogens is 287 g/mol. The van der Waals surface area contributed by atoms with Crippen LogP contribution in [0.2, 0.25) is 0 Å². The van der Waals surface area contributed by atoms with Gasteiger partial charge in [0.2, 0.25) is 0 Å². The second-order valence-electron chi connectivity index (χ2n) is 2.36.